The Labute approximate surface area is 124 Å². The predicted octanol–water partition coefficient (Wildman–Crippen LogP) is 1.65. The highest BCUT2D eigenvalue weighted by Crippen LogP contribution is 2.06. The van der Waals surface area contributed by atoms with Crippen LogP contribution >= 0.6 is 0 Å². The van der Waals surface area contributed by atoms with Gasteiger partial charge in [0.15, 0.2) is 0 Å². The van der Waals surface area contributed by atoms with Gasteiger partial charge in [0, 0.05) is 44.4 Å². The second kappa shape index (κ2) is 7.33. The van der Waals surface area contributed by atoms with Crippen LogP contribution in [0, 0.1) is 0 Å². The Balaban J connectivity index is 1.97. The molecule has 0 aliphatic heterocycles. The van der Waals surface area contributed by atoms with Crippen LogP contribution in [0.25, 0.3) is 0 Å². The fourth-order valence-electron chi connectivity index (χ4n) is 1.89. The second-order valence-electron chi connectivity index (χ2n) is 4.48. The quantitative estimate of drug-likeness (QED) is 0.873. The van der Waals surface area contributed by atoms with Gasteiger partial charge in [0.25, 0.3) is 5.91 Å². The summed E-state index contributed by atoms with van der Waals surface area (Å²) in [6.07, 6.45) is 6.51. The molecule has 0 aliphatic carbocycles. The maximum Gasteiger partial charge on any atom is 0.254 e. The maximum absolute atomic E-state index is 12.0. The van der Waals surface area contributed by atoms with Crippen molar-refractivity contribution < 1.29 is 4.79 Å². The van der Waals surface area contributed by atoms with E-state index in [0.29, 0.717) is 18.1 Å². The number of nitrogens with one attached hydrogen (secondary N) is 1. The third-order valence-electron chi connectivity index (χ3n) is 3.15. The van der Waals surface area contributed by atoms with Crippen LogP contribution < -0.4 is 10.2 Å². The van der Waals surface area contributed by atoms with E-state index in [9.17, 15) is 4.79 Å². The Hall–Kier alpha value is -2.50. The molecule has 0 bridgehead atoms. The number of pyridine rings is 1. The van der Waals surface area contributed by atoms with Crippen LogP contribution in [-0.2, 0) is 6.54 Å². The number of hydrogen-bond donors (Lipinski definition) is 1. The van der Waals surface area contributed by atoms with Crippen LogP contribution in [0.15, 0.2) is 36.9 Å². The average Bonchev–Trinajstić information content (AvgIpc) is 2.55. The monoisotopic (exact) mass is 285 g/mol. The molecule has 2 rings (SSSR count). The molecule has 110 valence electrons. The second-order valence-corrected chi connectivity index (χ2v) is 4.48. The summed E-state index contributed by atoms with van der Waals surface area (Å²) >= 11 is 0. The number of rotatable bonds is 6. The Morgan fingerprint density at radius 1 is 1.14 bits per heavy atom. The first-order valence-corrected chi connectivity index (χ1v) is 6.98. The van der Waals surface area contributed by atoms with Crippen molar-refractivity contribution in [3.05, 3.63) is 48.0 Å². The molecule has 0 aromatic carbocycles. The number of amides is 1. The van der Waals surface area contributed by atoms with Crippen LogP contribution in [0.4, 0.5) is 5.95 Å². The molecule has 0 atom stereocenters. The molecular weight excluding hydrogens is 266 g/mol. The largest absolute Gasteiger partial charge is 0.348 e. The number of nitrogens with zero attached hydrogens (tertiary/aromatic N) is 4. The lowest BCUT2D eigenvalue weighted by Crippen LogP contribution is -2.26. The average molecular weight is 285 g/mol. The molecule has 0 unspecified atom stereocenters. The first-order valence-electron chi connectivity index (χ1n) is 6.98. The van der Waals surface area contributed by atoms with Crippen molar-refractivity contribution >= 4 is 11.9 Å². The molecule has 6 nitrogen and oxygen atoms in total. The maximum atomic E-state index is 12.0. The van der Waals surface area contributed by atoms with Gasteiger partial charge in [-0.25, -0.2) is 9.97 Å². The van der Waals surface area contributed by atoms with Crippen molar-refractivity contribution in [1.82, 2.24) is 20.3 Å². The minimum Gasteiger partial charge on any atom is -0.348 e. The molecule has 2 aromatic heterocycles. The lowest BCUT2D eigenvalue weighted by atomic mass is 10.2. The lowest BCUT2D eigenvalue weighted by molar-refractivity contribution is 0.0950. The van der Waals surface area contributed by atoms with Crippen LogP contribution in [0.3, 0.4) is 0 Å². The van der Waals surface area contributed by atoms with Gasteiger partial charge in [0.2, 0.25) is 5.95 Å². The van der Waals surface area contributed by atoms with E-state index in [4.69, 9.17) is 0 Å². The molecular formula is C15H19N5O. The normalized spacial score (nSPS) is 10.2. The van der Waals surface area contributed by atoms with Crippen molar-refractivity contribution in [1.29, 1.82) is 0 Å². The summed E-state index contributed by atoms with van der Waals surface area (Å²) in [5.74, 6) is 0.462. The van der Waals surface area contributed by atoms with Crippen molar-refractivity contribution in [2.24, 2.45) is 0 Å². The van der Waals surface area contributed by atoms with Crippen molar-refractivity contribution in [3.8, 4) is 0 Å². The third kappa shape index (κ3) is 3.98. The first-order chi connectivity index (χ1) is 10.2. The van der Waals surface area contributed by atoms with Crippen molar-refractivity contribution in [3.63, 3.8) is 0 Å². The van der Waals surface area contributed by atoms with Gasteiger partial charge < -0.3 is 10.2 Å². The van der Waals surface area contributed by atoms with Gasteiger partial charge >= 0.3 is 0 Å². The van der Waals surface area contributed by atoms with Gasteiger partial charge in [-0.1, -0.05) is 0 Å². The van der Waals surface area contributed by atoms with E-state index in [-0.39, 0.29) is 5.91 Å². The summed E-state index contributed by atoms with van der Waals surface area (Å²) in [6, 6.07) is 3.72. The summed E-state index contributed by atoms with van der Waals surface area (Å²) in [7, 11) is 0. The van der Waals surface area contributed by atoms with Crippen LogP contribution in [0.1, 0.15) is 29.8 Å². The summed E-state index contributed by atoms with van der Waals surface area (Å²) < 4.78 is 0. The van der Waals surface area contributed by atoms with Crippen LogP contribution in [0.5, 0.6) is 0 Å². The zero-order valence-corrected chi connectivity index (χ0v) is 12.3. The molecule has 1 amide bonds. The fourth-order valence-corrected chi connectivity index (χ4v) is 1.89. The van der Waals surface area contributed by atoms with E-state index in [2.05, 4.69) is 20.3 Å². The molecule has 6 heteroatoms. The molecule has 2 heterocycles. The molecule has 0 fully saturated rings. The summed E-state index contributed by atoms with van der Waals surface area (Å²) in [6.45, 7) is 6.22. The van der Waals surface area contributed by atoms with E-state index in [1.54, 1.807) is 24.8 Å². The smallest absolute Gasteiger partial charge is 0.254 e. The zero-order chi connectivity index (χ0) is 15.1. The Bertz CT molecular complexity index is 566. The lowest BCUT2D eigenvalue weighted by Gasteiger charge is -2.17. The summed E-state index contributed by atoms with van der Waals surface area (Å²) in [5, 5.41) is 2.83. The number of hydrogen-bond acceptors (Lipinski definition) is 5. The zero-order valence-electron chi connectivity index (χ0n) is 12.3. The highest BCUT2D eigenvalue weighted by molar-refractivity contribution is 5.93. The number of aromatic nitrogens is 3. The topological polar surface area (TPSA) is 71.0 Å². The van der Waals surface area contributed by atoms with Crippen LogP contribution in [-0.4, -0.2) is 33.9 Å². The molecule has 21 heavy (non-hydrogen) atoms. The SMILES string of the molecule is CCN(CC)c1ncc(C(=O)NCc2ccncc2)cn1. The predicted molar refractivity (Wildman–Crippen MR) is 81.0 cm³/mol. The molecule has 0 spiro atoms. The third-order valence-corrected chi connectivity index (χ3v) is 3.15. The summed E-state index contributed by atoms with van der Waals surface area (Å²) in [5.41, 5.74) is 1.46. The van der Waals surface area contributed by atoms with E-state index < -0.39 is 0 Å². The molecule has 0 saturated heterocycles. The van der Waals surface area contributed by atoms with Gasteiger partial charge in [-0.05, 0) is 31.5 Å². The van der Waals surface area contributed by atoms with Gasteiger partial charge in [-0.3, -0.25) is 9.78 Å². The van der Waals surface area contributed by atoms with E-state index >= 15 is 0 Å². The molecule has 0 saturated carbocycles. The standard InChI is InChI=1S/C15H19N5O/c1-3-20(4-2)15-18-10-13(11-19-15)14(21)17-9-12-5-7-16-8-6-12/h5-8,10-11H,3-4,9H2,1-2H3,(H,17,21). The fraction of sp³-hybridized carbons (Fsp3) is 0.333. The molecule has 1 N–H and O–H groups in total. The Morgan fingerprint density at radius 2 is 1.76 bits per heavy atom. The highest BCUT2D eigenvalue weighted by atomic mass is 16.1. The van der Waals surface area contributed by atoms with Crippen molar-refractivity contribution in [2.45, 2.75) is 20.4 Å². The van der Waals surface area contributed by atoms with Gasteiger partial charge in [0.05, 0.1) is 5.56 Å². The van der Waals surface area contributed by atoms with E-state index in [1.807, 2.05) is 30.9 Å². The Morgan fingerprint density at radius 3 is 2.33 bits per heavy atom. The van der Waals surface area contributed by atoms with Gasteiger partial charge in [0.1, 0.15) is 0 Å². The number of anilines is 1. The van der Waals surface area contributed by atoms with Gasteiger partial charge in [-0.15, -0.1) is 0 Å². The molecule has 2 aromatic rings. The van der Waals surface area contributed by atoms with Crippen molar-refractivity contribution in [2.75, 3.05) is 18.0 Å². The minimum atomic E-state index is -0.182. The first kappa shape index (κ1) is 14.9. The Kier molecular flexibility index (Phi) is 5.20. The molecule has 0 radical (unpaired) electrons. The highest BCUT2D eigenvalue weighted by Gasteiger charge is 2.09. The summed E-state index contributed by atoms with van der Waals surface area (Å²) in [4.78, 5) is 26.5. The van der Waals surface area contributed by atoms with Crippen LogP contribution in [0.2, 0.25) is 0 Å². The van der Waals surface area contributed by atoms with Gasteiger partial charge in [-0.2, -0.15) is 0 Å². The molecule has 0 aliphatic rings. The minimum absolute atomic E-state index is 0.182. The number of carbonyl (C=O) groups excluding carboxylic acids is 1. The van der Waals surface area contributed by atoms with E-state index in [1.165, 1.54) is 0 Å². The number of carbonyl (C=O) groups is 1. The van der Waals surface area contributed by atoms with E-state index in [0.717, 1.165) is 18.7 Å².